The topological polar surface area (TPSA) is 38.0 Å². The molecule has 82 valence electrons. The van der Waals surface area contributed by atoms with Crippen LogP contribution in [0.15, 0.2) is 22.7 Å². The molecule has 0 saturated carbocycles. The molecule has 0 amide bonds. The van der Waals surface area contributed by atoms with Crippen LogP contribution in [0.25, 0.3) is 0 Å². The van der Waals surface area contributed by atoms with Crippen molar-refractivity contribution in [2.45, 2.75) is 18.4 Å². The molecule has 1 aromatic rings. The summed E-state index contributed by atoms with van der Waals surface area (Å²) in [5.74, 6) is -0.140. The first kappa shape index (κ1) is 11.0. The van der Waals surface area contributed by atoms with Crippen molar-refractivity contribution in [1.29, 1.82) is 0 Å². The maximum Gasteiger partial charge on any atom is 0.126 e. The van der Waals surface area contributed by atoms with Gasteiger partial charge >= 0.3 is 0 Å². The van der Waals surface area contributed by atoms with Gasteiger partial charge in [0.25, 0.3) is 0 Å². The third-order valence-corrected chi connectivity index (χ3v) is 3.48. The van der Waals surface area contributed by atoms with Crippen LogP contribution in [0.2, 0.25) is 0 Å². The molecule has 0 bridgehead atoms. The van der Waals surface area contributed by atoms with Crippen molar-refractivity contribution in [3.05, 3.63) is 34.1 Å². The monoisotopic (exact) mass is 272 g/mol. The summed E-state index contributed by atoms with van der Waals surface area (Å²) in [6, 6.07) is 5.00. The SMILES string of the molecule is C[C@@]1(N)CNC[C@H]1c1cc(Br)ccc1F. The molecule has 2 nitrogen and oxygen atoms in total. The molecule has 15 heavy (non-hydrogen) atoms. The number of nitrogens with one attached hydrogen (secondary N) is 1. The summed E-state index contributed by atoms with van der Waals surface area (Å²) < 4.78 is 14.6. The van der Waals surface area contributed by atoms with E-state index in [2.05, 4.69) is 21.2 Å². The van der Waals surface area contributed by atoms with E-state index in [0.717, 1.165) is 17.6 Å². The first-order chi connectivity index (χ1) is 7.00. The van der Waals surface area contributed by atoms with Gasteiger partial charge < -0.3 is 11.1 Å². The van der Waals surface area contributed by atoms with Crippen LogP contribution in [-0.2, 0) is 0 Å². The Hall–Kier alpha value is -0.450. The standard InChI is InChI=1S/C11H14BrFN2/c1-11(14)6-15-5-9(11)8-4-7(12)2-3-10(8)13/h2-4,9,15H,5-6,14H2,1H3/t9-,11+/m0/s1. The van der Waals surface area contributed by atoms with E-state index in [1.807, 2.05) is 13.0 Å². The van der Waals surface area contributed by atoms with Crippen LogP contribution in [-0.4, -0.2) is 18.6 Å². The third kappa shape index (κ3) is 2.07. The van der Waals surface area contributed by atoms with Gasteiger partial charge in [-0.2, -0.15) is 0 Å². The van der Waals surface area contributed by atoms with Gasteiger partial charge in [0, 0.05) is 29.0 Å². The Morgan fingerprint density at radius 2 is 2.33 bits per heavy atom. The summed E-state index contributed by atoms with van der Waals surface area (Å²) >= 11 is 3.35. The van der Waals surface area contributed by atoms with Crippen molar-refractivity contribution in [3.8, 4) is 0 Å². The van der Waals surface area contributed by atoms with Crippen LogP contribution in [0, 0.1) is 5.82 Å². The Bertz CT molecular complexity index is 379. The van der Waals surface area contributed by atoms with Gasteiger partial charge in [-0.15, -0.1) is 0 Å². The molecule has 1 aliphatic rings. The van der Waals surface area contributed by atoms with Crippen LogP contribution in [0.5, 0.6) is 0 Å². The number of hydrogen-bond donors (Lipinski definition) is 2. The zero-order chi connectivity index (χ0) is 11.1. The molecule has 0 aliphatic carbocycles. The second kappa shape index (κ2) is 3.85. The van der Waals surface area contributed by atoms with Crippen molar-refractivity contribution in [3.63, 3.8) is 0 Å². The van der Waals surface area contributed by atoms with Gasteiger partial charge in [-0.25, -0.2) is 4.39 Å². The van der Waals surface area contributed by atoms with E-state index in [0.29, 0.717) is 5.56 Å². The van der Waals surface area contributed by atoms with Gasteiger partial charge in [0.15, 0.2) is 0 Å². The molecular formula is C11H14BrFN2. The quantitative estimate of drug-likeness (QED) is 0.821. The fourth-order valence-corrected chi connectivity index (χ4v) is 2.47. The lowest BCUT2D eigenvalue weighted by molar-refractivity contribution is 0.447. The van der Waals surface area contributed by atoms with E-state index in [9.17, 15) is 4.39 Å². The maximum absolute atomic E-state index is 13.7. The minimum Gasteiger partial charge on any atom is -0.324 e. The van der Waals surface area contributed by atoms with Crippen molar-refractivity contribution in [2.24, 2.45) is 5.73 Å². The highest BCUT2D eigenvalue weighted by atomic mass is 79.9. The van der Waals surface area contributed by atoms with Crippen LogP contribution in [0.1, 0.15) is 18.4 Å². The number of rotatable bonds is 1. The van der Waals surface area contributed by atoms with E-state index in [1.165, 1.54) is 6.07 Å². The second-order valence-electron chi connectivity index (χ2n) is 4.36. The molecule has 1 aliphatic heterocycles. The summed E-state index contributed by atoms with van der Waals surface area (Å²) in [5, 5.41) is 3.20. The van der Waals surface area contributed by atoms with Gasteiger partial charge in [0.05, 0.1) is 0 Å². The second-order valence-corrected chi connectivity index (χ2v) is 5.27. The predicted molar refractivity (Wildman–Crippen MR) is 62.3 cm³/mol. The van der Waals surface area contributed by atoms with Gasteiger partial charge in [0.1, 0.15) is 5.82 Å². The average molecular weight is 273 g/mol. The Balaban J connectivity index is 2.40. The molecule has 0 spiro atoms. The number of benzene rings is 1. The Morgan fingerprint density at radius 3 is 2.93 bits per heavy atom. The molecule has 1 heterocycles. The minimum absolute atomic E-state index is 0.0370. The summed E-state index contributed by atoms with van der Waals surface area (Å²) in [7, 11) is 0. The molecule has 4 heteroatoms. The zero-order valence-corrected chi connectivity index (χ0v) is 10.1. The van der Waals surface area contributed by atoms with Crippen molar-refractivity contribution in [2.75, 3.05) is 13.1 Å². The third-order valence-electron chi connectivity index (χ3n) is 2.98. The van der Waals surface area contributed by atoms with E-state index in [-0.39, 0.29) is 17.3 Å². The molecule has 0 unspecified atom stereocenters. The van der Waals surface area contributed by atoms with E-state index < -0.39 is 0 Å². The van der Waals surface area contributed by atoms with Crippen LogP contribution in [0.4, 0.5) is 4.39 Å². The summed E-state index contributed by atoms with van der Waals surface area (Å²) in [4.78, 5) is 0. The molecule has 2 rings (SSSR count). The van der Waals surface area contributed by atoms with Crippen LogP contribution < -0.4 is 11.1 Å². The lowest BCUT2D eigenvalue weighted by Gasteiger charge is -2.26. The number of hydrogen-bond acceptors (Lipinski definition) is 2. The van der Waals surface area contributed by atoms with Gasteiger partial charge in [0.2, 0.25) is 0 Å². The first-order valence-electron chi connectivity index (χ1n) is 4.95. The Morgan fingerprint density at radius 1 is 1.60 bits per heavy atom. The molecule has 0 radical (unpaired) electrons. The smallest absolute Gasteiger partial charge is 0.126 e. The minimum atomic E-state index is -0.373. The fraction of sp³-hybridized carbons (Fsp3) is 0.455. The van der Waals surface area contributed by atoms with Gasteiger partial charge in [-0.3, -0.25) is 0 Å². The lowest BCUT2D eigenvalue weighted by Crippen LogP contribution is -2.43. The van der Waals surface area contributed by atoms with Gasteiger partial charge in [-0.1, -0.05) is 15.9 Å². The first-order valence-corrected chi connectivity index (χ1v) is 5.74. The maximum atomic E-state index is 13.7. The van der Waals surface area contributed by atoms with E-state index in [4.69, 9.17) is 5.73 Å². The largest absolute Gasteiger partial charge is 0.324 e. The summed E-state index contributed by atoms with van der Waals surface area (Å²) in [5.41, 5.74) is 6.45. The zero-order valence-electron chi connectivity index (χ0n) is 8.56. The normalized spacial score (nSPS) is 30.8. The molecule has 0 aromatic heterocycles. The molecule has 1 fully saturated rings. The summed E-state index contributed by atoms with van der Waals surface area (Å²) in [6.45, 7) is 3.42. The highest BCUT2D eigenvalue weighted by molar-refractivity contribution is 9.10. The molecule has 1 aromatic carbocycles. The van der Waals surface area contributed by atoms with Gasteiger partial charge in [-0.05, 0) is 30.7 Å². The number of halogens is 2. The molecule has 3 N–H and O–H groups in total. The van der Waals surface area contributed by atoms with E-state index >= 15 is 0 Å². The highest BCUT2D eigenvalue weighted by Crippen LogP contribution is 2.32. The van der Waals surface area contributed by atoms with Crippen molar-refractivity contribution < 1.29 is 4.39 Å². The fourth-order valence-electron chi connectivity index (χ4n) is 2.09. The number of nitrogens with two attached hydrogens (primary N) is 1. The van der Waals surface area contributed by atoms with Crippen molar-refractivity contribution >= 4 is 15.9 Å². The van der Waals surface area contributed by atoms with E-state index in [1.54, 1.807) is 6.07 Å². The summed E-state index contributed by atoms with van der Waals surface area (Å²) in [6.07, 6.45) is 0. The van der Waals surface area contributed by atoms with Crippen LogP contribution >= 0.6 is 15.9 Å². The predicted octanol–water partition coefficient (Wildman–Crippen LogP) is 1.99. The Labute approximate surface area is 97.2 Å². The highest BCUT2D eigenvalue weighted by Gasteiger charge is 2.37. The van der Waals surface area contributed by atoms with Crippen molar-refractivity contribution in [1.82, 2.24) is 5.32 Å². The average Bonchev–Trinajstić information content (AvgIpc) is 2.50. The lowest BCUT2D eigenvalue weighted by atomic mass is 9.84. The molecule has 1 saturated heterocycles. The molecule has 2 atom stereocenters. The Kier molecular flexibility index (Phi) is 2.83. The van der Waals surface area contributed by atoms with Crippen LogP contribution in [0.3, 0.4) is 0 Å². The molecular weight excluding hydrogens is 259 g/mol.